The van der Waals surface area contributed by atoms with Crippen molar-refractivity contribution in [2.75, 3.05) is 0 Å². The lowest BCUT2D eigenvalue weighted by atomic mass is 10.1. The first-order valence-electron chi connectivity index (χ1n) is 3.96. The molecule has 3 heteroatoms. The molecule has 0 aliphatic heterocycles. The molecule has 0 spiro atoms. The average Bonchev–Trinajstić information content (AvgIpc) is 2.03. The van der Waals surface area contributed by atoms with E-state index in [0.717, 1.165) is 16.5 Å². The van der Waals surface area contributed by atoms with Crippen LogP contribution in [0.1, 0.15) is 18.0 Å². The fraction of sp³-hybridized carbons (Fsp3) is 0.200. The van der Waals surface area contributed by atoms with Gasteiger partial charge < -0.3 is 5.73 Å². The highest BCUT2D eigenvalue weighted by Gasteiger charge is 2.05. The van der Waals surface area contributed by atoms with Crippen LogP contribution in [0, 0.1) is 0 Å². The molecule has 1 atom stereocenters. The van der Waals surface area contributed by atoms with Crippen LogP contribution in [0.15, 0.2) is 35.3 Å². The van der Waals surface area contributed by atoms with E-state index in [9.17, 15) is 0 Å². The number of nitrogens with two attached hydrogens (primary N) is 1. The van der Waals surface area contributed by atoms with Crippen LogP contribution in [0.4, 0.5) is 0 Å². The van der Waals surface area contributed by atoms with Gasteiger partial charge in [0.25, 0.3) is 0 Å². The summed E-state index contributed by atoms with van der Waals surface area (Å²) in [6.07, 6.45) is 2.56. The summed E-state index contributed by atoms with van der Waals surface area (Å²) in [5.41, 5.74) is 6.92. The number of halogens is 2. The fourth-order valence-electron chi connectivity index (χ4n) is 1.10. The Labute approximate surface area is 91.7 Å². The maximum atomic E-state index is 5.89. The quantitative estimate of drug-likeness (QED) is 0.825. The minimum Gasteiger partial charge on any atom is -0.324 e. The van der Waals surface area contributed by atoms with Crippen molar-refractivity contribution in [2.24, 2.45) is 5.73 Å². The SMILES string of the molecule is C=CCC(N)c1cc(Cl)cc(Br)c1. The van der Waals surface area contributed by atoms with Crippen LogP contribution in [-0.2, 0) is 0 Å². The summed E-state index contributed by atoms with van der Waals surface area (Å²) in [5.74, 6) is 0. The fourth-order valence-corrected chi connectivity index (χ4v) is 1.99. The molecule has 0 saturated heterocycles. The molecule has 0 heterocycles. The van der Waals surface area contributed by atoms with Gasteiger partial charge >= 0.3 is 0 Å². The Bertz CT molecular complexity index is 292. The molecule has 0 aliphatic carbocycles. The molecular weight excluding hydrogens is 249 g/mol. The maximum absolute atomic E-state index is 5.89. The molecule has 1 unspecified atom stereocenters. The first-order valence-corrected chi connectivity index (χ1v) is 5.13. The number of hydrogen-bond acceptors (Lipinski definition) is 1. The molecule has 2 N–H and O–H groups in total. The molecule has 0 aromatic heterocycles. The molecule has 0 saturated carbocycles. The summed E-state index contributed by atoms with van der Waals surface area (Å²) in [7, 11) is 0. The second-order valence-corrected chi connectivity index (χ2v) is 4.19. The third-order valence-corrected chi connectivity index (χ3v) is 2.41. The van der Waals surface area contributed by atoms with Crippen molar-refractivity contribution in [3.05, 3.63) is 45.9 Å². The molecule has 1 aromatic carbocycles. The third kappa shape index (κ3) is 3.14. The molecule has 1 aromatic rings. The highest BCUT2D eigenvalue weighted by molar-refractivity contribution is 9.10. The predicted octanol–water partition coefficient (Wildman–Crippen LogP) is 3.68. The summed E-state index contributed by atoms with van der Waals surface area (Å²) in [5, 5.41) is 0.698. The van der Waals surface area contributed by atoms with E-state index in [0.29, 0.717) is 5.02 Å². The third-order valence-electron chi connectivity index (χ3n) is 1.73. The van der Waals surface area contributed by atoms with E-state index >= 15 is 0 Å². The second-order valence-electron chi connectivity index (χ2n) is 2.83. The van der Waals surface area contributed by atoms with Crippen LogP contribution >= 0.6 is 27.5 Å². The Hall–Kier alpha value is -0.310. The van der Waals surface area contributed by atoms with Gasteiger partial charge in [-0.1, -0.05) is 33.6 Å². The summed E-state index contributed by atoms with van der Waals surface area (Å²) < 4.78 is 0.953. The lowest BCUT2D eigenvalue weighted by Gasteiger charge is -2.10. The largest absolute Gasteiger partial charge is 0.324 e. The van der Waals surface area contributed by atoms with E-state index in [2.05, 4.69) is 22.5 Å². The van der Waals surface area contributed by atoms with Gasteiger partial charge in [-0.05, 0) is 30.2 Å². The van der Waals surface area contributed by atoms with E-state index in [1.807, 2.05) is 18.2 Å². The van der Waals surface area contributed by atoms with E-state index in [1.54, 1.807) is 6.08 Å². The Morgan fingerprint density at radius 3 is 2.77 bits per heavy atom. The van der Waals surface area contributed by atoms with Crippen molar-refractivity contribution in [3.63, 3.8) is 0 Å². The number of benzene rings is 1. The van der Waals surface area contributed by atoms with Crippen LogP contribution < -0.4 is 5.73 Å². The van der Waals surface area contributed by atoms with Gasteiger partial charge in [0.2, 0.25) is 0 Å². The van der Waals surface area contributed by atoms with E-state index in [1.165, 1.54) is 0 Å². The predicted molar refractivity (Wildman–Crippen MR) is 60.9 cm³/mol. The Morgan fingerprint density at radius 1 is 1.54 bits per heavy atom. The van der Waals surface area contributed by atoms with Gasteiger partial charge in [0.05, 0.1) is 0 Å². The van der Waals surface area contributed by atoms with Crippen LogP contribution in [0.3, 0.4) is 0 Å². The molecule has 0 aliphatic rings. The van der Waals surface area contributed by atoms with Crippen LogP contribution in [0.25, 0.3) is 0 Å². The zero-order valence-electron chi connectivity index (χ0n) is 7.13. The van der Waals surface area contributed by atoms with E-state index in [4.69, 9.17) is 17.3 Å². The first kappa shape index (κ1) is 10.8. The van der Waals surface area contributed by atoms with Gasteiger partial charge in [-0.2, -0.15) is 0 Å². The van der Waals surface area contributed by atoms with Crippen molar-refractivity contribution in [2.45, 2.75) is 12.5 Å². The highest BCUT2D eigenvalue weighted by atomic mass is 79.9. The Morgan fingerprint density at radius 2 is 2.23 bits per heavy atom. The molecule has 1 nitrogen and oxygen atoms in total. The first-order chi connectivity index (χ1) is 6.13. The van der Waals surface area contributed by atoms with Gasteiger partial charge in [-0.3, -0.25) is 0 Å². The van der Waals surface area contributed by atoms with E-state index < -0.39 is 0 Å². The highest BCUT2D eigenvalue weighted by Crippen LogP contribution is 2.24. The normalized spacial score (nSPS) is 12.5. The summed E-state index contributed by atoms with van der Waals surface area (Å²) >= 11 is 9.25. The smallest absolute Gasteiger partial charge is 0.0420 e. The minimum absolute atomic E-state index is 0.0208. The molecule has 13 heavy (non-hydrogen) atoms. The van der Waals surface area contributed by atoms with Crippen LogP contribution in [-0.4, -0.2) is 0 Å². The summed E-state index contributed by atoms with van der Waals surface area (Å²) in [6, 6.07) is 5.67. The monoisotopic (exact) mass is 259 g/mol. The zero-order valence-corrected chi connectivity index (χ0v) is 9.48. The van der Waals surface area contributed by atoms with Crippen molar-refractivity contribution >= 4 is 27.5 Å². The minimum atomic E-state index is -0.0208. The number of rotatable bonds is 3. The molecule has 1 rings (SSSR count). The molecular formula is C10H11BrClN. The van der Waals surface area contributed by atoms with Crippen molar-refractivity contribution < 1.29 is 0 Å². The maximum Gasteiger partial charge on any atom is 0.0420 e. The lowest BCUT2D eigenvalue weighted by Crippen LogP contribution is -2.08. The van der Waals surface area contributed by atoms with Gasteiger partial charge in [0.1, 0.15) is 0 Å². The summed E-state index contributed by atoms with van der Waals surface area (Å²) in [6.45, 7) is 3.65. The molecule has 0 radical (unpaired) electrons. The van der Waals surface area contributed by atoms with Crippen molar-refractivity contribution in [1.29, 1.82) is 0 Å². The van der Waals surface area contributed by atoms with Crippen LogP contribution in [0.5, 0.6) is 0 Å². The Balaban J connectivity index is 2.93. The Kier molecular flexibility index (Phi) is 3.97. The molecule has 0 fully saturated rings. The van der Waals surface area contributed by atoms with Gasteiger partial charge in [-0.25, -0.2) is 0 Å². The van der Waals surface area contributed by atoms with Crippen molar-refractivity contribution in [1.82, 2.24) is 0 Å². The van der Waals surface area contributed by atoms with Crippen LogP contribution in [0.2, 0.25) is 5.02 Å². The van der Waals surface area contributed by atoms with E-state index in [-0.39, 0.29) is 6.04 Å². The van der Waals surface area contributed by atoms with Gasteiger partial charge in [-0.15, -0.1) is 6.58 Å². The summed E-state index contributed by atoms with van der Waals surface area (Å²) in [4.78, 5) is 0. The topological polar surface area (TPSA) is 26.0 Å². The second kappa shape index (κ2) is 4.80. The lowest BCUT2D eigenvalue weighted by molar-refractivity contribution is 0.741. The van der Waals surface area contributed by atoms with Gasteiger partial charge in [0.15, 0.2) is 0 Å². The molecule has 0 amide bonds. The standard InChI is InChI=1S/C10H11BrClN/c1-2-3-10(13)7-4-8(11)6-9(12)5-7/h2,4-6,10H,1,3,13H2. The molecule has 0 bridgehead atoms. The average molecular weight is 261 g/mol. The van der Waals surface area contributed by atoms with Crippen molar-refractivity contribution in [3.8, 4) is 0 Å². The zero-order chi connectivity index (χ0) is 9.84. The molecule has 70 valence electrons. The van der Waals surface area contributed by atoms with Gasteiger partial charge in [0, 0.05) is 15.5 Å². The number of hydrogen-bond donors (Lipinski definition) is 1.